The molecule has 1 aromatic carbocycles. The van der Waals surface area contributed by atoms with Crippen LogP contribution >= 0.6 is 0 Å². The van der Waals surface area contributed by atoms with E-state index in [1.54, 1.807) is 18.0 Å². The minimum Gasteiger partial charge on any atom is -0.359 e. The number of nitrogens with zero attached hydrogens (tertiary/aromatic N) is 2. The molecule has 1 unspecified atom stereocenters. The third-order valence-corrected chi connectivity index (χ3v) is 4.95. The van der Waals surface area contributed by atoms with E-state index in [4.69, 9.17) is 5.26 Å². The minimum absolute atomic E-state index is 0.0930. The molecule has 1 atom stereocenters. The lowest BCUT2D eigenvalue weighted by atomic mass is 10.1. The molecule has 1 aliphatic rings. The fraction of sp³-hybridized carbons (Fsp3) is 0.357. The van der Waals surface area contributed by atoms with E-state index in [1.165, 1.54) is 29.0 Å². The van der Waals surface area contributed by atoms with Crippen LogP contribution in [0.1, 0.15) is 18.0 Å². The quantitative estimate of drug-likeness (QED) is 0.909. The van der Waals surface area contributed by atoms with Crippen molar-refractivity contribution in [3.63, 3.8) is 0 Å². The van der Waals surface area contributed by atoms with Crippen LogP contribution in [0.2, 0.25) is 0 Å². The van der Waals surface area contributed by atoms with Gasteiger partial charge < -0.3 is 4.90 Å². The van der Waals surface area contributed by atoms with E-state index in [9.17, 15) is 21.6 Å². The molecule has 2 rings (SSSR count). The first kappa shape index (κ1) is 17.3. The van der Waals surface area contributed by atoms with Crippen LogP contribution in [0.15, 0.2) is 40.9 Å². The summed E-state index contributed by atoms with van der Waals surface area (Å²) in [6, 6.07) is 7.55. The summed E-state index contributed by atoms with van der Waals surface area (Å²) in [5.41, 5.74) is 1.31. The molecule has 9 heteroatoms. The van der Waals surface area contributed by atoms with Gasteiger partial charge in [0.05, 0.1) is 10.9 Å². The average Bonchev–Trinajstić information content (AvgIpc) is 2.86. The molecule has 0 amide bonds. The van der Waals surface area contributed by atoms with Gasteiger partial charge in [0.15, 0.2) is 0 Å². The third kappa shape index (κ3) is 4.03. The van der Waals surface area contributed by atoms with Crippen LogP contribution in [0.5, 0.6) is 0 Å². The highest BCUT2D eigenvalue weighted by Gasteiger charge is 2.30. The predicted molar refractivity (Wildman–Crippen MR) is 76.5 cm³/mol. The van der Waals surface area contributed by atoms with Crippen LogP contribution in [0.3, 0.4) is 0 Å². The van der Waals surface area contributed by atoms with Crippen molar-refractivity contribution in [2.24, 2.45) is 0 Å². The van der Waals surface area contributed by atoms with E-state index in [0.29, 0.717) is 12.1 Å². The summed E-state index contributed by atoms with van der Waals surface area (Å²) >= 11 is 0. The molecule has 1 N–H and O–H groups in total. The number of rotatable bonds is 4. The van der Waals surface area contributed by atoms with E-state index in [-0.39, 0.29) is 10.9 Å². The van der Waals surface area contributed by atoms with Gasteiger partial charge in [0.2, 0.25) is 10.0 Å². The maximum Gasteiger partial charge on any atom is 0.402 e. The highest BCUT2D eigenvalue weighted by molar-refractivity contribution is 7.89. The van der Waals surface area contributed by atoms with Crippen LogP contribution in [0.25, 0.3) is 0 Å². The molecule has 1 heterocycles. The Morgan fingerprint density at radius 1 is 1.35 bits per heavy atom. The molecule has 5 nitrogen and oxygen atoms in total. The van der Waals surface area contributed by atoms with Crippen LogP contribution in [-0.4, -0.2) is 33.1 Å². The first-order chi connectivity index (χ1) is 10.6. The molecule has 1 aliphatic heterocycles. The highest BCUT2D eigenvalue weighted by atomic mass is 32.2. The van der Waals surface area contributed by atoms with Crippen LogP contribution in [0.4, 0.5) is 13.2 Å². The van der Waals surface area contributed by atoms with Gasteiger partial charge in [-0.1, -0.05) is 12.1 Å². The van der Waals surface area contributed by atoms with Gasteiger partial charge in [0, 0.05) is 7.05 Å². The van der Waals surface area contributed by atoms with Crippen molar-refractivity contribution in [2.45, 2.75) is 23.5 Å². The molecule has 0 radical (unpaired) electrons. The molecule has 0 bridgehead atoms. The Labute approximate surface area is 132 Å². The van der Waals surface area contributed by atoms with Crippen molar-refractivity contribution < 1.29 is 21.6 Å². The largest absolute Gasteiger partial charge is 0.402 e. The zero-order chi connectivity index (χ0) is 17.3. The van der Waals surface area contributed by atoms with Gasteiger partial charge >= 0.3 is 6.18 Å². The lowest BCUT2D eigenvalue weighted by molar-refractivity contribution is -0.121. The maximum atomic E-state index is 12.1. The second-order valence-corrected chi connectivity index (χ2v) is 6.84. The van der Waals surface area contributed by atoms with Crippen molar-refractivity contribution in [3.05, 3.63) is 41.6 Å². The first-order valence-corrected chi connectivity index (χ1v) is 8.12. The third-order valence-electron chi connectivity index (χ3n) is 3.53. The molecule has 0 aromatic heterocycles. The topological polar surface area (TPSA) is 73.2 Å². The van der Waals surface area contributed by atoms with E-state index >= 15 is 0 Å². The van der Waals surface area contributed by atoms with Gasteiger partial charge in [-0.15, -0.1) is 0 Å². The molecule has 0 saturated heterocycles. The summed E-state index contributed by atoms with van der Waals surface area (Å²) < 4.78 is 61.5. The zero-order valence-corrected chi connectivity index (χ0v) is 12.9. The molecule has 1 aromatic rings. The molecule has 0 saturated carbocycles. The number of nitriles is 1. The van der Waals surface area contributed by atoms with Gasteiger partial charge in [-0.25, -0.2) is 13.1 Å². The Kier molecular flexibility index (Phi) is 4.68. The van der Waals surface area contributed by atoms with Crippen molar-refractivity contribution in [1.82, 2.24) is 9.62 Å². The Morgan fingerprint density at radius 3 is 2.43 bits per heavy atom. The number of allylic oxidation sites excluding steroid dienone is 1. The average molecular weight is 345 g/mol. The second-order valence-electron chi connectivity index (χ2n) is 5.07. The van der Waals surface area contributed by atoms with Crippen molar-refractivity contribution in [3.8, 4) is 6.07 Å². The predicted octanol–water partition coefficient (Wildman–Crippen LogP) is 2.31. The van der Waals surface area contributed by atoms with E-state index in [0.717, 1.165) is 5.56 Å². The van der Waals surface area contributed by atoms with Crippen LogP contribution in [0, 0.1) is 11.3 Å². The minimum atomic E-state index is -4.61. The maximum absolute atomic E-state index is 12.1. The van der Waals surface area contributed by atoms with Gasteiger partial charge in [-0.05, 0) is 30.2 Å². The molecular formula is C14H14F3N3O2S. The first-order valence-electron chi connectivity index (χ1n) is 6.63. The highest BCUT2D eigenvalue weighted by Crippen LogP contribution is 2.32. The Hall–Kier alpha value is -2.05. The fourth-order valence-electron chi connectivity index (χ4n) is 2.31. The molecule has 0 aliphatic carbocycles. The van der Waals surface area contributed by atoms with Gasteiger partial charge in [-0.2, -0.15) is 18.4 Å². The normalized spacial score (nSPS) is 18.7. The van der Waals surface area contributed by atoms with E-state index in [1.807, 2.05) is 0 Å². The standard InChI is InChI=1S/C14H14F3N3O2S/c1-20-11(8-18)4-7-13(20)10-2-5-12(6-3-10)23(21,22)19-9-14(15,16)17/h2-6,13,19H,7,9H2,1H3. The number of alkyl halides is 3. The summed E-state index contributed by atoms with van der Waals surface area (Å²) in [4.78, 5) is 1.53. The molecule has 23 heavy (non-hydrogen) atoms. The van der Waals surface area contributed by atoms with Gasteiger partial charge in [0.1, 0.15) is 18.3 Å². The summed E-state index contributed by atoms with van der Waals surface area (Å²) in [5.74, 6) is 0. The van der Waals surface area contributed by atoms with Gasteiger partial charge in [-0.3, -0.25) is 0 Å². The lowest BCUT2D eigenvalue weighted by Crippen LogP contribution is -2.33. The number of nitrogens with one attached hydrogen (secondary N) is 1. The lowest BCUT2D eigenvalue weighted by Gasteiger charge is -2.23. The monoisotopic (exact) mass is 345 g/mol. The molecule has 124 valence electrons. The van der Waals surface area contributed by atoms with Crippen molar-refractivity contribution >= 4 is 10.0 Å². The summed E-state index contributed by atoms with van der Waals surface area (Å²) in [7, 11) is -2.46. The van der Waals surface area contributed by atoms with Crippen LogP contribution in [-0.2, 0) is 10.0 Å². The second kappa shape index (κ2) is 6.22. The number of benzene rings is 1. The SMILES string of the molecule is CN1C(C#N)=CCC1c1ccc(S(=O)(=O)NCC(F)(F)F)cc1. The fourth-order valence-corrected chi connectivity index (χ4v) is 3.32. The van der Waals surface area contributed by atoms with E-state index < -0.39 is 22.7 Å². The molecular weight excluding hydrogens is 331 g/mol. The number of hydrogen-bond acceptors (Lipinski definition) is 4. The molecule has 0 fully saturated rings. The van der Waals surface area contributed by atoms with Crippen molar-refractivity contribution in [2.75, 3.05) is 13.6 Å². The number of hydrogen-bond donors (Lipinski definition) is 1. The van der Waals surface area contributed by atoms with Crippen LogP contribution < -0.4 is 4.72 Å². The Morgan fingerprint density at radius 2 is 1.96 bits per heavy atom. The van der Waals surface area contributed by atoms with Crippen molar-refractivity contribution in [1.29, 1.82) is 5.26 Å². The van der Waals surface area contributed by atoms with Gasteiger partial charge in [0.25, 0.3) is 0 Å². The Balaban J connectivity index is 2.13. The van der Waals surface area contributed by atoms with E-state index in [2.05, 4.69) is 6.07 Å². The Bertz CT molecular complexity index is 749. The smallest absolute Gasteiger partial charge is 0.359 e. The summed E-state index contributed by atoms with van der Waals surface area (Å²) in [6.07, 6.45) is -2.23. The molecule has 0 spiro atoms. The summed E-state index contributed by atoms with van der Waals surface area (Å²) in [6.45, 7) is -1.61. The number of halogens is 3. The number of sulfonamides is 1. The zero-order valence-electron chi connectivity index (χ0n) is 12.1. The summed E-state index contributed by atoms with van der Waals surface area (Å²) in [5, 5.41) is 8.94.